The van der Waals surface area contributed by atoms with Gasteiger partial charge in [-0.05, 0) is 51.0 Å². The van der Waals surface area contributed by atoms with Crippen LogP contribution < -0.4 is 5.32 Å². The highest BCUT2D eigenvalue weighted by molar-refractivity contribution is 5.98. The number of allylic oxidation sites excluding steroid dienone is 3. The van der Waals surface area contributed by atoms with E-state index in [-0.39, 0.29) is 37.5 Å². The number of amides is 1. The van der Waals surface area contributed by atoms with Crippen LogP contribution >= 0.6 is 0 Å². The number of esters is 4. The van der Waals surface area contributed by atoms with E-state index in [1.807, 2.05) is 0 Å². The first-order valence-electron chi connectivity index (χ1n) is 15.3. The van der Waals surface area contributed by atoms with Crippen LogP contribution in [0.5, 0.6) is 0 Å². The quantitative estimate of drug-likeness (QED) is 0.195. The molecule has 0 unspecified atom stereocenters. The second kappa shape index (κ2) is 11.6. The van der Waals surface area contributed by atoms with Gasteiger partial charge in [0.2, 0.25) is 17.6 Å². The van der Waals surface area contributed by atoms with Crippen LogP contribution in [0.15, 0.2) is 23.0 Å². The Balaban J connectivity index is 1.60. The Morgan fingerprint density at radius 1 is 1.13 bits per heavy atom. The van der Waals surface area contributed by atoms with Gasteiger partial charge in [0.25, 0.3) is 0 Å². The summed E-state index contributed by atoms with van der Waals surface area (Å²) in [7, 11) is 1.07. The van der Waals surface area contributed by atoms with Gasteiger partial charge in [0, 0.05) is 36.8 Å². The van der Waals surface area contributed by atoms with Gasteiger partial charge >= 0.3 is 23.9 Å². The van der Waals surface area contributed by atoms with E-state index in [0.29, 0.717) is 11.1 Å². The minimum atomic E-state index is -2.28. The second-order valence-electron chi connectivity index (χ2n) is 13.8. The molecule has 2 bridgehead atoms. The van der Waals surface area contributed by atoms with Crippen molar-refractivity contribution in [2.24, 2.45) is 28.6 Å². The van der Waals surface area contributed by atoms with Crippen molar-refractivity contribution in [3.63, 3.8) is 0 Å². The fourth-order valence-electron chi connectivity index (χ4n) is 9.18. The predicted octanol–water partition coefficient (Wildman–Crippen LogP) is 0.417. The molecule has 0 radical (unpaired) electrons. The zero-order chi connectivity index (χ0) is 34.1. The molecule has 2 saturated heterocycles. The Bertz CT molecular complexity index is 1450. The van der Waals surface area contributed by atoms with Crippen molar-refractivity contribution < 1.29 is 62.7 Å². The van der Waals surface area contributed by atoms with Crippen LogP contribution in [0.1, 0.15) is 60.8 Å². The molecular weight excluding hydrogens is 606 g/mol. The molecular formula is C32H41NO13. The molecule has 3 aliphatic carbocycles. The molecule has 5 rings (SSSR count). The third-order valence-corrected chi connectivity index (χ3v) is 10.6. The van der Waals surface area contributed by atoms with E-state index in [0.717, 1.165) is 7.11 Å². The fraction of sp³-hybridized carbons (Fsp3) is 0.688. The summed E-state index contributed by atoms with van der Waals surface area (Å²) < 4.78 is 28.3. The van der Waals surface area contributed by atoms with Gasteiger partial charge in [-0.25, -0.2) is 14.4 Å². The number of nitrogens with one attached hydrogen (secondary N) is 1. The zero-order valence-corrected chi connectivity index (χ0v) is 26.9. The molecule has 14 heteroatoms. The number of hydrogen-bond donors (Lipinski definition) is 3. The van der Waals surface area contributed by atoms with Crippen LogP contribution in [-0.4, -0.2) is 95.6 Å². The van der Waals surface area contributed by atoms with Gasteiger partial charge < -0.3 is 39.2 Å². The predicted molar refractivity (Wildman–Crippen MR) is 154 cm³/mol. The van der Waals surface area contributed by atoms with Crippen LogP contribution in [0.3, 0.4) is 0 Å². The van der Waals surface area contributed by atoms with E-state index >= 15 is 0 Å². The number of Topliss-reactive ketones (excluding diaryl/α,β-unsaturated/α-hetero) is 1. The highest BCUT2D eigenvalue weighted by Crippen LogP contribution is 2.72. The number of fused-ring (bicyclic) bond motifs is 2. The lowest BCUT2D eigenvalue weighted by atomic mass is 9.38. The van der Waals surface area contributed by atoms with E-state index in [1.54, 1.807) is 34.6 Å². The molecule has 46 heavy (non-hydrogen) atoms. The monoisotopic (exact) mass is 647 g/mol. The average Bonchev–Trinajstić information content (AvgIpc) is 3.25. The Morgan fingerprint density at radius 2 is 1.80 bits per heavy atom. The first kappa shape index (κ1) is 33.7. The van der Waals surface area contributed by atoms with Crippen molar-refractivity contribution in [1.29, 1.82) is 0 Å². The van der Waals surface area contributed by atoms with Crippen molar-refractivity contribution in [1.82, 2.24) is 5.32 Å². The lowest BCUT2D eigenvalue weighted by molar-refractivity contribution is -0.290. The van der Waals surface area contributed by atoms with E-state index in [2.05, 4.69) is 5.32 Å². The fourth-order valence-corrected chi connectivity index (χ4v) is 9.18. The van der Waals surface area contributed by atoms with Crippen LogP contribution in [0.25, 0.3) is 0 Å². The summed E-state index contributed by atoms with van der Waals surface area (Å²) in [6.07, 6.45) is -5.48. The second-order valence-corrected chi connectivity index (χ2v) is 13.8. The van der Waals surface area contributed by atoms with Crippen molar-refractivity contribution in [3.8, 4) is 0 Å². The first-order valence-corrected chi connectivity index (χ1v) is 15.3. The number of rotatable bonds is 7. The largest absolute Gasteiger partial charge is 0.467 e. The van der Waals surface area contributed by atoms with E-state index < -0.39 is 94.3 Å². The molecule has 1 amide bonds. The Labute approximate surface area is 265 Å². The molecule has 2 aliphatic heterocycles. The number of methoxy groups -OCH3 is 1. The lowest BCUT2D eigenvalue weighted by Crippen LogP contribution is -2.79. The number of carbonyl (C=O) groups is 6. The van der Waals surface area contributed by atoms with Gasteiger partial charge in [0.1, 0.15) is 12.2 Å². The normalized spacial score (nSPS) is 39.6. The van der Waals surface area contributed by atoms with Crippen LogP contribution in [0.4, 0.5) is 0 Å². The molecule has 0 aromatic rings. The summed E-state index contributed by atoms with van der Waals surface area (Å²) in [6.45, 7) is 9.36. The molecule has 11 atom stereocenters. The third-order valence-electron chi connectivity index (χ3n) is 10.6. The number of hydrogen-bond acceptors (Lipinski definition) is 13. The highest BCUT2D eigenvalue weighted by Gasteiger charge is 2.85. The van der Waals surface area contributed by atoms with Crippen molar-refractivity contribution >= 4 is 35.6 Å². The number of ketones is 1. The third kappa shape index (κ3) is 4.79. The van der Waals surface area contributed by atoms with E-state index in [1.165, 1.54) is 13.0 Å². The number of carbonyl (C=O) groups excluding carboxylic acids is 6. The van der Waals surface area contributed by atoms with Crippen molar-refractivity contribution in [2.75, 3.05) is 13.7 Å². The molecule has 3 N–H and O–H groups in total. The van der Waals surface area contributed by atoms with Crippen LogP contribution in [0.2, 0.25) is 0 Å². The summed E-state index contributed by atoms with van der Waals surface area (Å²) >= 11 is 0. The minimum Gasteiger partial charge on any atom is -0.467 e. The molecule has 5 aliphatic rings. The maximum Gasteiger partial charge on any atom is 0.348 e. The van der Waals surface area contributed by atoms with Gasteiger partial charge in [-0.3, -0.25) is 14.4 Å². The zero-order valence-electron chi connectivity index (χ0n) is 26.9. The van der Waals surface area contributed by atoms with Gasteiger partial charge in [-0.2, -0.15) is 0 Å². The van der Waals surface area contributed by atoms with Crippen molar-refractivity contribution in [2.45, 2.75) is 96.9 Å². The minimum absolute atomic E-state index is 0.0930. The summed E-state index contributed by atoms with van der Waals surface area (Å²) in [4.78, 5) is 77.9. The molecule has 2 saturated carbocycles. The summed E-state index contributed by atoms with van der Waals surface area (Å²) in [5.74, 6) is -7.57. The molecule has 4 fully saturated rings. The molecule has 14 nitrogen and oxygen atoms in total. The number of ether oxygens (including phenoxy) is 5. The van der Waals surface area contributed by atoms with Gasteiger partial charge in [-0.1, -0.05) is 12.5 Å². The topological polar surface area (TPSA) is 201 Å². The highest BCUT2D eigenvalue weighted by atomic mass is 16.6. The van der Waals surface area contributed by atoms with Gasteiger partial charge in [0.15, 0.2) is 11.5 Å². The smallest absolute Gasteiger partial charge is 0.348 e. The number of aliphatic hydroxyl groups is 2. The van der Waals surface area contributed by atoms with Crippen LogP contribution in [0, 0.1) is 28.6 Å². The first-order chi connectivity index (χ1) is 21.4. The molecule has 0 aromatic carbocycles. The Hall–Kier alpha value is -3.62. The van der Waals surface area contributed by atoms with Crippen molar-refractivity contribution in [3.05, 3.63) is 23.0 Å². The Morgan fingerprint density at radius 3 is 2.41 bits per heavy atom. The molecule has 2 heterocycles. The SMILES string of the molecule is COC(=O)[C@@]12OC[C@]34[C@H]([C@@H](O)[C@@H]1O)[C@@]1(C)CC(=O)C(OC(=O)C[C@H](C)NC(C)=O)=C(C)[C@@H]1C[C@H]3OC(=O)[C@H](OC(=O)C=C(C)C)[C@@H]24. The molecule has 1 spiro atoms. The average molecular weight is 648 g/mol. The Kier molecular flexibility index (Phi) is 8.48. The standard InChI is InChI=1S/C32H41NO13/c1-13(2)8-20(36)46-24-26-31-12-43-32(26,29(41)42-7)27(39)22(38)25(31)30(6)11-18(35)23(45-21(37)9-14(3)33-16(5)34)15(4)17(30)10-19(31)44-28(24)40/h8,14,17,19,22,24-27,38-39H,9-12H2,1-7H3,(H,33,34)/t14-,17-,19+,22+,24+,25+,26+,27-,30-,31+,32-/m0/s1. The maximum atomic E-state index is 13.7. The van der Waals surface area contributed by atoms with Gasteiger partial charge in [-0.15, -0.1) is 0 Å². The van der Waals surface area contributed by atoms with Gasteiger partial charge in [0.05, 0.1) is 32.2 Å². The van der Waals surface area contributed by atoms with E-state index in [9.17, 15) is 39.0 Å². The number of aliphatic hydroxyl groups excluding tert-OH is 2. The maximum absolute atomic E-state index is 13.7. The lowest BCUT2D eigenvalue weighted by Gasteiger charge is -2.67. The summed E-state index contributed by atoms with van der Waals surface area (Å²) in [5.41, 5.74) is -3.81. The molecule has 0 aromatic heterocycles. The van der Waals surface area contributed by atoms with E-state index in [4.69, 9.17) is 23.7 Å². The molecule has 252 valence electrons. The summed E-state index contributed by atoms with van der Waals surface area (Å²) in [6, 6.07) is -0.543. The summed E-state index contributed by atoms with van der Waals surface area (Å²) in [5, 5.41) is 26.2. The van der Waals surface area contributed by atoms with Crippen LogP contribution in [-0.2, 0) is 52.5 Å².